The first-order valence-corrected chi connectivity index (χ1v) is 6.62. The van der Waals surface area contributed by atoms with E-state index in [-0.39, 0.29) is 5.91 Å². The molecule has 0 atom stereocenters. The summed E-state index contributed by atoms with van der Waals surface area (Å²) in [6, 6.07) is 13.3. The van der Waals surface area contributed by atoms with Gasteiger partial charge in [-0.15, -0.1) is 4.57 Å². The smallest absolute Gasteiger partial charge is 0.372 e. The maximum atomic E-state index is 12.2. The second-order valence-corrected chi connectivity index (χ2v) is 4.31. The van der Waals surface area contributed by atoms with Crippen LogP contribution < -0.4 is 9.47 Å². The summed E-state index contributed by atoms with van der Waals surface area (Å²) in [6.45, 7) is 6.18. The summed E-state index contributed by atoms with van der Waals surface area (Å²) in [5.41, 5.74) is 1.84. The van der Waals surface area contributed by atoms with Gasteiger partial charge in [-0.1, -0.05) is 18.2 Å². The van der Waals surface area contributed by atoms with E-state index in [0.717, 1.165) is 18.8 Å². The molecule has 0 aliphatic rings. The molecule has 3 heteroatoms. The van der Waals surface area contributed by atoms with Gasteiger partial charge in [0.25, 0.3) is 0 Å². The molecule has 0 aliphatic heterocycles. The summed E-state index contributed by atoms with van der Waals surface area (Å²) < 4.78 is 1.61. The van der Waals surface area contributed by atoms with E-state index >= 15 is 0 Å². The Kier molecular flexibility index (Phi) is 4.29. The van der Waals surface area contributed by atoms with Crippen LogP contribution in [0.4, 0.5) is 5.69 Å². The van der Waals surface area contributed by atoms with Gasteiger partial charge in [-0.05, 0) is 26.0 Å². The maximum Gasteiger partial charge on any atom is 0.424 e. The van der Waals surface area contributed by atoms with Gasteiger partial charge in [0.1, 0.15) is 0 Å². The first-order chi connectivity index (χ1) is 9.26. The number of hydrogen-bond donors (Lipinski definition) is 0. The fourth-order valence-corrected chi connectivity index (χ4v) is 2.08. The third-order valence-corrected chi connectivity index (χ3v) is 3.20. The van der Waals surface area contributed by atoms with Crippen molar-refractivity contribution in [3.8, 4) is 0 Å². The molecule has 0 amide bonds. The van der Waals surface area contributed by atoms with Crippen molar-refractivity contribution in [2.75, 3.05) is 18.0 Å². The van der Waals surface area contributed by atoms with Gasteiger partial charge in [-0.2, -0.15) is 0 Å². The quantitative estimate of drug-likeness (QED) is 0.784. The Labute approximate surface area is 114 Å². The predicted octanol–water partition coefficient (Wildman–Crippen LogP) is 2.51. The van der Waals surface area contributed by atoms with Crippen molar-refractivity contribution in [1.29, 1.82) is 0 Å². The van der Waals surface area contributed by atoms with E-state index in [0.29, 0.717) is 5.56 Å². The van der Waals surface area contributed by atoms with Crippen molar-refractivity contribution in [1.82, 2.24) is 0 Å². The number of benzene rings is 1. The second kappa shape index (κ2) is 6.14. The third-order valence-electron chi connectivity index (χ3n) is 3.20. The lowest BCUT2D eigenvalue weighted by molar-refractivity contribution is -0.570. The molecule has 2 rings (SSSR count). The fourth-order valence-electron chi connectivity index (χ4n) is 2.08. The molecule has 0 unspecified atom stereocenters. The van der Waals surface area contributed by atoms with Crippen LogP contribution in [0.2, 0.25) is 0 Å². The molecule has 0 spiro atoms. The van der Waals surface area contributed by atoms with Crippen molar-refractivity contribution >= 4 is 11.6 Å². The molecule has 2 aromatic rings. The number of hydrogen-bond acceptors (Lipinski definition) is 2. The molecule has 1 heterocycles. The van der Waals surface area contributed by atoms with E-state index in [2.05, 4.69) is 18.7 Å². The highest BCUT2D eigenvalue weighted by molar-refractivity contribution is 5.86. The number of anilines is 1. The lowest BCUT2D eigenvalue weighted by Gasteiger charge is -2.19. The first kappa shape index (κ1) is 13.3. The van der Waals surface area contributed by atoms with Crippen LogP contribution in [-0.4, -0.2) is 19.0 Å². The van der Waals surface area contributed by atoms with Crippen LogP contribution in [0.25, 0.3) is 0 Å². The molecule has 0 bridgehead atoms. The number of carbonyl (C=O) groups excluding carboxylic acids is 1. The lowest BCUT2D eigenvalue weighted by atomic mass is 10.2. The lowest BCUT2D eigenvalue weighted by Crippen LogP contribution is -2.42. The van der Waals surface area contributed by atoms with Gasteiger partial charge < -0.3 is 4.90 Å². The highest BCUT2D eigenvalue weighted by Gasteiger charge is 2.16. The molecule has 0 aliphatic carbocycles. The molecular weight excluding hydrogens is 236 g/mol. The van der Waals surface area contributed by atoms with Crippen LogP contribution in [0.15, 0.2) is 54.9 Å². The van der Waals surface area contributed by atoms with Gasteiger partial charge in [-0.3, -0.25) is 0 Å². The molecule has 19 heavy (non-hydrogen) atoms. The molecule has 0 fully saturated rings. The summed E-state index contributed by atoms with van der Waals surface area (Å²) in [5.74, 6) is -0.00769. The van der Waals surface area contributed by atoms with Gasteiger partial charge in [0.15, 0.2) is 12.4 Å². The maximum absolute atomic E-state index is 12.2. The van der Waals surface area contributed by atoms with E-state index in [1.54, 1.807) is 4.57 Å². The Morgan fingerprint density at radius 2 is 1.58 bits per heavy atom. The first-order valence-electron chi connectivity index (χ1n) is 6.62. The van der Waals surface area contributed by atoms with Crippen LogP contribution in [-0.2, 0) is 0 Å². The van der Waals surface area contributed by atoms with Crippen LogP contribution in [0.1, 0.15) is 24.2 Å². The van der Waals surface area contributed by atoms with E-state index in [9.17, 15) is 4.79 Å². The highest BCUT2D eigenvalue weighted by atomic mass is 16.2. The average molecular weight is 255 g/mol. The molecule has 0 N–H and O–H groups in total. The summed E-state index contributed by atoms with van der Waals surface area (Å²) in [6.07, 6.45) is 3.64. The highest BCUT2D eigenvalue weighted by Crippen LogP contribution is 2.10. The normalized spacial score (nSPS) is 10.2. The number of pyridine rings is 1. The summed E-state index contributed by atoms with van der Waals surface area (Å²) in [7, 11) is 0. The summed E-state index contributed by atoms with van der Waals surface area (Å²) in [5, 5.41) is 0. The van der Waals surface area contributed by atoms with Crippen molar-refractivity contribution < 1.29 is 9.36 Å². The van der Waals surface area contributed by atoms with E-state index in [1.165, 1.54) is 0 Å². The third kappa shape index (κ3) is 2.99. The molecule has 0 radical (unpaired) electrons. The van der Waals surface area contributed by atoms with Crippen LogP contribution in [0.5, 0.6) is 0 Å². The molecule has 0 saturated heterocycles. The van der Waals surface area contributed by atoms with Gasteiger partial charge in [0.2, 0.25) is 0 Å². The van der Waals surface area contributed by atoms with Crippen LogP contribution in [0.3, 0.4) is 0 Å². The Bertz CT molecular complexity index is 530. The standard InChI is InChI=1S/C16H19N2O/c1-3-17(4-2)15-10-12-18(13-11-15)16(19)14-8-6-5-7-9-14/h5-13H,3-4H2,1-2H3/q+1. The summed E-state index contributed by atoms with van der Waals surface area (Å²) in [4.78, 5) is 14.5. The van der Waals surface area contributed by atoms with Crippen molar-refractivity contribution in [2.24, 2.45) is 0 Å². The van der Waals surface area contributed by atoms with Crippen molar-refractivity contribution in [3.05, 3.63) is 60.4 Å². The summed E-state index contributed by atoms with van der Waals surface area (Å²) >= 11 is 0. The van der Waals surface area contributed by atoms with Crippen molar-refractivity contribution in [3.63, 3.8) is 0 Å². The van der Waals surface area contributed by atoms with Gasteiger partial charge >= 0.3 is 5.91 Å². The van der Waals surface area contributed by atoms with Gasteiger partial charge in [0.05, 0.1) is 5.56 Å². The van der Waals surface area contributed by atoms with Crippen molar-refractivity contribution in [2.45, 2.75) is 13.8 Å². The zero-order valence-electron chi connectivity index (χ0n) is 11.4. The number of rotatable bonds is 4. The monoisotopic (exact) mass is 255 g/mol. The fraction of sp³-hybridized carbons (Fsp3) is 0.250. The zero-order chi connectivity index (χ0) is 13.7. The second-order valence-electron chi connectivity index (χ2n) is 4.31. The van der Waals surface area contributed by atoms with Gasteiger partial charge in [0, 0.05) is 30.9 Å². The molecule has 3 nitrogen and oxygen atoms in total. The number of aromatic nitrogens is 1. The van der Waals surface area contributed by atoms with Crippen LogP contribution in [0, 0.1) is 0 Å². The number of carbonyl (C=O) groups is 1. The number of nitrogens with zero attached hydrogens (tertiary/aromatic N) is 2. The Morgan fingerprint density at radius 3 is 2.11 bits per heavy atom. The SMILES string of the molecule is CCN(CC)c1cc[n+](C(=O)c2ccccc2)cc1. The molecular formula is C16H19N2O+. The van der Waals surface area contributed by atoms with Crippen LogP contribution >= 0.6 is 0 Å². The van der Waals surface area contributed by atoms with Gasteiger partial charge in [-0.25, -0.2) is 4.79 Å². The topological polar surface area (TPSA) is 24.2 Å². The zero-order valence-corrected chi connectivity index (χ0v) is 11.4. The molecule has 0 saturated carbocycles. The predicted molar refractivity (Wildman–Crippen MR) is 76.4 cm³/mol. The Morgan fingerprint density at radius 1 is 1.00 bits per heavy atom. The Hall–Kier alpha value is -2.16. The van der Waals surface area contributed by atoms with E-state index < -0.39 is 0 Å². The Balaban J connectivity index is 2.21. The van der Waals surface area contributed by atoms with E-state index in [1.807, 2.05) is 54.9 Å². The molecule has 1 aromatic carbocycles. The minimum Gasteiger partial charge on any atom is -0.372 e. The average Bonchev–Trinajstić information content (AvgIpc) is 2.49. The minimum atomic E-state index is -0.00769. The molecule has 98 valence electrons. The van der Waals surface area contributed by atoms with E-state index in [4.69, 9.17) is 0 Å². The molecule has 1 aromatic heterocycles. The minimum absolute atomic E-state index is 0.00769. The largest absolute Gasteiger partial charge is 0.424 e.